The minimum atomic E-state index is 1.24. The van der Waals surface area contributed by atoms with E-state index in [9.17, 15) is 0 Å². The first-order chi connectivity index (χ1) is 21.7. The molecular formula is C39H50S5. The van der Waals surface area contributed by atoms with E-state index in [1.54, 1.807) is 9.75 Å². The van der Waals surface area contributed by atoms with Crippen LogP contribution in [0.5, 0.6) is 0 Å². The van der Waals surface area contributed by atoms with Crippen molar-refractivity contribution in [3.05, 3.63) is 70.4 Å². The lowest BCUT2D eigenvalue weighted by atomic mass is 10.1. The third-order valence-electron chi connectivity index (χ3n) is 8.42. The molecule has 0 spiro atoms. The number of hydrogen-bond donors (Lipinski definition) is 0. The van der Waals surface area contributed by atoms with Crippen LogP contribution in [0.2, 0.25) is 0 Å². The van der Waals surface area contributed by atoms with Gasteiger partial charge in [-0.05, 0) is 86.3 Å². The zero-order valence-electron chi connectivity index (χ0n) is 26.8. The quantitative estimate of drug-likeness (QED) is 0.0678. The van der Waals surface area contributed by atoms with Gasteiger partial charge in [0.15, 0.2) is 0 Å². The van der Waals surface area contributed by atoms with Crippen LogP contribution in [-0.4, -0.2) is 0 Å². The first-order valence-electron chi connectivity index (χ1n) is 17.2. The van der Waals surface area contributed by atoms with Crippen molar-refractivity contribution in [1.82, 2.24) is 0 Å². The van der Waals surface area contributed by atoms with E-state index < -0.39 is 0 Å². The average molecular weight is 679 g/mol. The predicted molar refractivity (Wildman–Crippen MR) is 206 cm³/mol. The van der Waals surface area contributed by atoms with Crippen LogP contribution in [0.15, 0.2) is 60.7 Å². The summed E-state index contributed by atoms with van der Waals surface area (Å²) in [4.78, 5) is 14.3. The van der Waals surface area contributed by atoms with Crippen molar-refractivity contribution in [2.24, 2.45) is 0 Å². The van der Waals surface area contributed by atoms with Crippen LogP contribution in [0.1, 0.15) is 120 Å². The van der Waals surface area contributed by atoms with Gasteiger partial charge in [0, 0.05) is 48.8 Å². The van der Waals surface area contributed by atoms with Crippen molar-refractivity contribution in [1.29, 1.82) is 0 Å². The van der Waals surface area contributed by atoms with Crippen molar-refractivity contribution in [2.45, 2.75) is 123 Å². The van der Waals surface area contributed by atoms with Crippen LogP contribution in [0, 0.1) is 0 Å². The molecule has 0 saturated heterocycles. The molecule has 5 heterocycles. The first kappa shape index (κ1) is 33.9. The van der Waals surface area contributed by atoms with Gasteiger partial charge in [-0.25, -0.2) is 0 Å². The summed E-state index contributed by atoms with van der Waals surface area (Å²) in [7, 11) is 0. The van der Waals surface area contributed by atoms with Gasteiger partial charge in [0.05, 0.1) is 0 Å². The molecule has 0 aliphatic rings. The van der Waals surface area contributed by atoms with Crippen LogP contribution in [-0.2, 0) is 12.8 Å². The van der Waals surface area contributed by atoms with Crippen LogP contribution in [0.4, 0.5) is 0 Å². The summed E-state index contributed by atoms with van der Waals surface area (Å²) in [6.45, 7) is 4.59. The normalized spacial score (nSPS) is 11.6. The van der Waals surface area contributed by atoms with Crippen LogP contribution in [0.3, 0.4) is 0 Å². The van der Waals surface area contributed by atoms with Crippen molar-refractivity contribution in [3.63, 3.8) is 0 Å². The highest BCUT2D eigenvalue weighted by molar-refractivity contribution is 7.29. The van der Waals surface area contributed by atoms with Crippen molar-refractivity contribution in [3.8, 4) is 39.0 Å². The smallest absolute Gasteiger partial charge is 0.0449 e. The summed E-state index contributed by atoms with van der Waals surface area (Å²) in [5, 5.41) is 0. The summed E-state index contributed by atoms with van der Waals surface area (Å²) in [6.07, 6.45) is 23.3. The maximum Gasteiger partial charge on any atom is 0.0449 e. The second-order valence-corrected chi connectivity index (χ2v) is 17.7. The van der Waals surface area contributed by atoms with E-state index in [1.807, 2.05) is 56.7 Å². The number of unbranched alkanes of at least 4 members (excludes halogenated alkanes) is 13. The maximum atomic E-state index is 2.37. The van der Waals surface area contributed by atoms with E-state index in [0.29, 0.717) is 0 Å². The fourth-order valence-corrected chi connectivity index (χ4v) is 11.3. The molecule has 5 heteroatoms. The highest BCUT2D eigenvalue weighted by atomic mass is 32.1. The molecule has 0 atom stereocenters. The highest BCUT2D eigenvalue weighted by Gasteiger charge is 2.13. The first-order valence-corrected chi connectivity index (χ1v) is 21.3. The van der Waals surface area contributed by atoms with Crippen LogP contribution in [0.25, 0.3) is 39.0 Å². The molecule has 0 radical (unpaired) electrons. The number of hydrogen-bond acceptors (Lipinski definition) is 5. The molecule has 0 nitrogen and oxygen atoms in total. The summed E-state index contributed by atoms with van der Waals surface area (Å²) in [6, 6.07) is 23.4. The minimum Gasteiger partial charge on any atom is -0.139 e. The molecular weight excluding hydrogens is 629 g/mol. The zero-order valence-corrected chi connectivity index (χ0v) is 30.9. The van der Waals surface area contributed by atoms with Gasteiger partial charge in [-0.15, -0.1) is 56.7 Å². The molecule has 5 aromatic rings. The Morgan fingerprint density at radius 3 is 0.864 bits per heavy atom. The monoisotopic (exact) mass is 678 g/mol. The Labute approximate surface area is 287 Å². The molecule has 0 N–H and O–H groups in total. The number of rotatable bonds is 21. The summed E-state index contributed by atoms with van der Waals surface area (Å²) in [5.41, 5.74) is 0. The lowest BCUT2D eigenvalue weighted by Crippen LogP contribution is -1.83. The molecule has 0 aliphatic carbocycles. The number of thiophene rings is 5. The lowest BCUT2D eigenvalue weighted by molar-refractivity contribution is 0.576. The van der Waals surface area contributed by atoms with Crippen molar-refractivity contribution in [2.75, 3.05) is 0 Å². The summed E-state index contributed by atoms with van der Waals surface area (Å²) >= 11 is 9.82. The van der Waals surface area contributed by atoms with E-state index in [4.69, 9.17) is 0 Å². The maximum absolute atomic E-state index is 2.37. The molecule has 0 amide bonds. The zero-order chi connectivity index (χ0) is 30.4. The molecule has 236 valence electrons. The van der Waals surface area contributed by atoms with E-state index in [1.165, 1.54) is 148 Å². The Bertz CT molecular complexity index is 1490. The fourth-order valence-electron chi connectivity index (χ4n) is 5.79. The van der Waals surface area contributed by atoms with Gasteiger partial charge >= 0.3 is 0 Å². The second-order valence-electron chi connectivity index (χ2n) is 12.1. The van der Waals surface area contributed by atoms with E-state index in [2.05, 4.69) is 74.5 Å². The third-order valence-corrected chi connectivity index (χ3v) is 14.7. The van der Waals surface area contributed by atoms with Gasteiger partial charge in [0.25, 0.3) is 0 Å². The molecule has 0 aromatic carbocycles. The van der Waals surface area contributed by atoms with Crippen molar-refractivity contribution >= 4 is 56.7 Å². The summed E-state index contributed by atoms with van der Waals surface area (Å²) in [5.74, 6) is 0. The average Bonchev–Trinajstić information content (AvgIpc) is 3.87. The number of aryl methyl sites for hydroxylation is 2. The molecule has 0 fully saturated rings. The van der Waals surface area contributed by atoms with Crippen molar-refractivity contribution < 1.29 is 0 Å². The van der Waals surface area contributed by atoms with Crippen LogP contribution >= 0.6 is 56.7 Å². The second kappa shape index (κ2) is 18.6. The Kier molecular flexibility index (Phi) is 14.3. The summed E-state index contributed by atoms with van der Waals surface area (Å²) < 4.78 is 0. The van der Waals surface area contributed by atoms with Crippen LogP contribution < -0.4 is 0 Å². The highest BCUT2D eigenvalue weighted by Crippen LogP contribution is 2.44. The van der Waals surface area contributed by atoms with Gasteiger partial charge in [-0.1, -0.05) is 97.3 Å². The molecule has 44 heavy (non-hydrogen) atoms. The predicted octanol–water partition coefficient (Wildman–Crippen LogP) is 15.6. The molecule has 5 rings (SSSR count). The molecule has 0 unspecified atom stereocenters. The Morgan fingerprint density at radius 1 is 0.295 bits per heavy atom. The molecule has 0 aliphatic heterocycles. The Balaban J connectivity index is 1.09. The standard InChI is InChI=1S/C39H50S5/c1-3-5-7-9-11-13-15-17-19-31-21-23-33(41-31)35-25-27-37(43-35)39-29-28-38(44-39)36-26-24-34(42-36)32-22-20-30(40-32)18-16-14-12-10-8-6-4-2/h20-29H,3-19H2,1-2H3. The van der Waals surface area contributed by atoms with E-state index >= 15 is 0 Å². The Hall–Kier alpha value is -1.50. The van der Waals surface area contributed by atoms with Gasteiger partial charge in [0.2, 0.25) is 0 Å². The fraction of sp³-hybridized carbons (Fsp3) is 0.487. The molecule has 0 bridgehead atoms. The van der Waals surface area contributed by atoms with Gasteiger partial charge in [0.1, 0.15) is 0 Å². The van der Waals surface area contributed by atoms with Gasteiger partial charge in [-0.2, -0.15) is 0 Å². The largest absolute Gasteiger partial charge is 0.139 e. The van der Waals surface area contributed by atoms with Gasteiger partial charge in [-0.3, -0.25) is 0 Å². The van der Waals surface area contributed by atoms with E-state index in [0.717, 1.165) is 0 Å². The third kappa shape index (κ3) is 10.3. The topological polar surface area (TPSA) is 0 Å². The lowest BCUT2D eigenvalue weighted by Gasteiger charge is -2.00. The minimum absolute atomic E-state index is 1.24. The van der Waals surface area contributed by atoms with E-state index in [-0.39, 0.29) is 0 Å². The Morgan fingerprint density at radius 2 is 0.545 bits per heavy atom. The molecule has 0 saturated carbocycles. The van der Waals surface area contributed by atoms with Gasteiger partial charge < -0.3 is 0 Å². The SMILES string of the molecule is CCCCCCCCCCc1ccc(-c2ccc(-c3ccc(-c4ccc(-c5ccc(CCCCCCCCC)s5)s4)s3)s2)s1. The molecule has 5 aromatic heterocycles.